The van der Waals surface area contributed by atoms with E-state index in [1.807, 2.05) is 36.4 Å². The van der Waals surface area contributed by atoms with E-state index in [-0.39, 0.29) is 5.41 Å². The smallest absolute Gasteiger partial charge is 0.151 e. The third-order valence-corrected chi connectivity index (χ3v) is 4.13. The average Bonchev–Trinajstić information content (AvgIpc) is 2.43. The van der Waals surface area contributed by atoms with Gasteiger partial charge >= 0.3 is 0 Å². The van der Waals surface area contributed by atoms with Gasteiger partial charge in [0.25, 0.3) is 0 Å². The van der Waals surface area contributed by atoms with Crippen LogP contribution in [0.4, 0.5) is 0 Å². The first-order chi connectivity index (χ1) is 9.91. The van der Waals surface area contributed by atoms with Gasteiger partial charge < -0.3 is 0 Å². The minimum atomic E-state index is -0.0360. The van der Waals surface area contributed by atoms with Crippen LogP contribution in [0.2, 0.25) is 5.02 Å². The molecule has 3 aromatic carbocycles. The van der Waals surface area contributed by atoms with Gasteiger partial charge in [-0.2, -0.15) is 0 Å². The maximum Gasteiger partial charge on any atom is 0.151 e. The summed E-state index contributed by atoms with van der Waals surface area (Å²) in [6, 6.07) is 14.0. The molecule has 0 aromatic heterocycles. The normalized spacial score (nSPS) is 12.0. The lowest BCUT2D eigenvalue weighted by molar-refractivity contribution is 0.112. The van der Waals surface area contributed by atoms with E-state index in [0.29, 0.717) is 5.02 Å². The molecule has 21 heavy (non-hydrogen) atoms. The fraction of sp³-hybridized carbons (Fsp3) is 0.211. The molecule has 0 aliphatic carbocycles. The Hall–Kier alpha value is -1.86. The van der Waals surface area contributed by atoms with Gasteiger partial charge in [-0.05, 0) is 50.7 Å². The minimum Gasteiger partial charge on any atom is -0.298 e. The van der Waals surface area contributed by atoms with Crippen LogP contribution in [-0.4, -0.2) is 6.29 Å². The Labute approximate surface area is 129 Å². The molecular weight excluding hydrogens is 280 g/mol. The van der Waals surface area contributed by atoms with Crippen molar-refractivity contribution in [1.29, 1.82) is 0 Å². The van der Waals surface area contributed by atoms with E-state index in [1.165, 1.54) is 5.56 Å². The number of rotatable bonds is 1. The molecule has 2 heteroatoms. The van der Waals surface area contributed by atoms with Crippen LogP contribution < -0.4 is 0 Å². The lowest BCUT2D eigenvalue weighted by atomic mass is 9.82. The molecular formula is C19H17ClO. The van der Waals surface area contributed by atoms with Crippen LogP contribution >= 0.6 is 11.6 Å². The maximum absolute atomic E-state index is 11.7. The Balaban J connectivity index is 2.58. The third-order valence-electron chi connectivity index (χ3n) is 3.91. The quantitative estimate of drug-likeness (QED) is 0.412. The third kappa shape index (κ3) is 2.32. The van der Waals surface area contributed by atoms with Crippen LogP contribution in [0.5, 0.6) is 0 Å². The summed E-state index contributed by atoms with van der Waals surface area (Å²) in [6.45, 7) is 6.48. The summed E-state index contributed by atoms with van der Waals surface area (Å²) in [4.78, 5) is 11.7. The van der Waals surface area contributed by atoms with Crippen molar-refractivity contribution < 1.29 is 4.79 Å². The van der Waals surface area contributed by atoms with E-state index in [2.05, 4.69) is 26.8 Å². The Kier molecular flexibility index (Phi) is 3.26. The number of fused-ring (bicyclic) bond motifs is 2. The predicted molar refractivity (Wildman–Crippen MR) is 90.6 cm³/mol. The number of aldehydes is 1. The van der Waals surface area contributed by atoms with Crippen LogP contribution in [0.3, 0.4) is 0 Å². The second-order valence-electron chi connectivity index (χ2n) is 6.43. The van der Waals surface area contributed by atoms with Gasteiger partial charge in [-0.15, -0.1) is 0 Å². The summed E-state index contributed by atoms with van der Waals surface area (Å²) in [5, 5.41) is 4.77. The number of carbonyl (C=O) groups excluding carboxylic acids is 1. The first-order valence-electron chi connectivity index (χ1n) is 7.02. The second-order valence-corrected chi connectivity index (χ2v) is 6.86. The van der Waals surface area contributed by atoms with Crippen molar-refractivity contribution in [3.8, 4) is 0 Å². The van der Waals surface area contributed by atoms with Crippen LogP contribution in [0, 0.1) is 0 Å². The van der Waals surface area contributed by atoms with E-state index >= 15 is 0 Å². The van der Waals surface area contributed by atoms with E-state index in [9.17, 15) is 4.79 Å². The van der Waals surface area contributed by atoms with Crippen LogP contribution in [0.25, 0.3) is 21.5 Å². The van der Waals surface area contributed by atoms with E-state index in [0.717, 1.165) is 33.4 Å². The lowest BCUT2D eigenvalue weighted by Crippen LogP contribution is -2.12. The molecule has 0 heterocycles. The maximum atomic E-state index is 11.7. The molecule has 1 nitrogen and oxygen atoms in total. The van der Waals surface area contributed by atoms with Crippen molar-refractivity contribution in [3.05, 3.63) is 58.6 Å². The Morgan fingerprint density at radius 1 is 0.952 bits per heavy atom. The van der Waals surface area contributed by atoms with E-state index in [1.54, 1.807) is 0 Å². The van der Waals surface area contributed by atoms with E-state index in [4.69, 9.17) is 11.6 Å². The van der Waals surface area contributed by atoms with E-state index < -0.39 is 0 Å². The molecule has 106 valence electrons. The van der Waals surface area contributed by atoms with Crippen LogP contribution in [-0.2, 0) is 5.41 Å². The summed E-state index contributed by atoms with van der Waals surface area (Å²) in [7, 11) is 0. The molecule has 0 saturated carbocycles. The predicted octanol–water partition coefficient (Wildman–Crippen LogP) is 5.76. The number of hydrogen-bond acceptors (Lipinski definition) is 1. The first-order valence-corrected chi connectivity index (χ1v) is 7.40. The molecule has 0 amide bonds. The summed E-state index contributed by atoms with van der Waals surface area (Å²) in [5.41, 5.74) is 1.85. The molecule has 3 aromatic rings. The minimum absolute atomic E-state index is 0.0360. The van der Waals surface area contributed by atoms with Gasteiger partial charge in [0.15, 0.2) is 6.29 Å². The summed E-state index contributed by atoms with van der Waals surface area (Å²) < 4.78 is 0. The van der Waals surface area contributed by atoms with Gasteiger partial charge in [0.1, 0.15) is 0 Å². The number of carbonyl (C=O) groups is 1. The van der Waals surface area contributed by atoms with Crippen molar-refractivity contribution in [2.24, 2.45) is 0 Å². The molecule has 0 bridgehead atoms. The van der Waals surface area contributed by atoms with Gasteiger partial charge in [0.05, 0.1) is 0 Å². The second kappa shape index (κ2) is 4.85. The molecule has 3 rings (SSSR count). The summed E-state index contributed by atoms with van der Waals surface area (Å²) in [6.07, 6.45) is 0.938. The van der Waals surface area contributed by atoms with Crippen molar-refractivity contribution in [1.82, 2.24) is 0 Å². The molecule has 0 aliphatic rings. The largest absolute Gasteiger partial charge is 0.298 e. The average molecular weight is 297 g/mol. The van der Waals surface area contributed by atoms with Crippen molar-refractivity contribution in [3.63, 3.8) is 0 Å². The zero-order valence-corrected chi connectivity index (χ0v) is 13.2. The molecule has 0 spiro atoms. The molecule has 0 aliphatic heterocycles. The van der Waals surface area contributed by atoms with Crippen molar-refractivity contribution in [2.75, 3.05) is 0 Å². The standard InChI is InChI=1S/C19H17ClO/c1-19(2,3)18-10-13(20)9-15-16(18)8-12-6-4-5-7-14(12)17(15)11-21/h4-11H,1-3H3. The SMILES string of the molecule is CC(C)(C)c1cc(Cl)cc2c(C=O)c3ccccc3cc12. The molecule has 0 atom stereocenters. The highest BCUT2D eigenvalue weighted by Crippen LogP contribution is 2.37. The Morgan fingerprint density at radius 3 is 2.33 bits per heavy atom. The summed E-state index contributed by atoms with van der Waals surface area (Å²) >= 11 is 6.29. The van der Waals surface area contributed by atoms with Gasteiger partial charge in [0.2, 0.25) is 0 Å². The van der Waals surface area contributed by atoms with Crippen molar-refractivity contribution in [2.45, 2.75) is 26.2 Å². The van der Waals surface area contributed by atoms with Gasteiger partial charge in [-0.25, -0.2) is 0 Å². The fourth-order valence-corrected chi connectivity index (χ4v) is 3.13. The fourth-order valence-electron chi connectivity index (χ4n) is 2.91. The molecule has 0 unspecified atom stereocenters. The summed E-state index contributed by atoms with van der Waals surface area (Å²) in [5.74, 6) is 0. The van der Waals surface area contributed by atoms with Crippen LogP contribution in [0.1, 0.15) is 36.7 Å². The lowest BCUT2D eigenvalue weighted by Gasteiger charge is -2.23. The number of halogens is 1. The first kappa shape index (κ1) is 14.1. The zero-order chi connectivity index (χ0) is 15.2. The van der Waals surface area contributed by atoms with Crippen molar-refractivity contribution >= 4 is 39.4 Å². The zero-order valence-electron chi connectivity index (χ0n) is 12.4. The number of hydrogen-bond donors (Lipinski definition) is 0. The molecule has 0 N–H and O–H groups in total. The number of benzene rings is 3. The Morgan fingerprint density at radius 2 is 1.67 bits per heavy atom. The highest BCUT2D eigenvalue weighted by molar-refractivity contribution is 6.32. The highest BCUT2D eigenvalue weighted by Gasteiger charge is 2.19. The van der Waals surface area contributed by atoms with Gasteiger partial charge in [-0.1, -0.05) is 56.6 Å². The monoisotopic (exact) mass is 296 g/mol. The highest BCUT2D eigenvalue weighted by atomic mass is 35.5. The molecule has 0 fully saturated rings. The Bertz CT molecular complexity index is 857. The molecule has 0 saturated heterocycles. The molecule has 0 radical (unpaired) electrons. The van der Waals surface area contributed by atoms with Gasteiger partial charge in [0, 0.05) is 10.6 Å². The van der Waals surface area contributed by atoms with Gasteiger partial charge in [-0.3, -0.25) is 4.79 Å². The van der Waals surface area contributed by atoms with Crippen LogP contribution in [0.15, 0.2) is 42.5 Å². The topological polar surface area (TPSA) is 17.1 Å².